The van der Waals surface area contributed by atoms with Crippen LogP contribution in [0.15, 0.2) is 30.2 Å². The third kappa shape index (κ3) is 1.64. The van der Waals surface area contributed by atoms with Crippen LogP contribution < -0.4 is 0 Å². The maximum atomic E-state index is 4.13. The second-order valence-electron chi connectivity index (χ2n) is 1.92. The summed E-state index contributed by atoms with van der Waals surface area (Å²) < 4.78 is 1.99. The lowest BCUT2D eigenvalue weighted by atomic mass is 10.8. The minimum Gasteiger partial charge on any atom is -0.329 e. The van der Waals surface area contributed by atoms with Gasteiger partial charge < -0.3 is 4.57 Å². The Morgan fingerprint density at radius 3 is 3.20 bits per heavy atom. The molecule has 0 amide bonds. The first-order chi connectivity index (χ1) is 4.84. The van der Waals surface area contributed by atoms with Gasteiger partial charge in [0.15, 0.2) is 5.16 Å². The molecule has 0 aliphatic heterocycles. The highest BCUT2D eigenvalue weighted by Gasteiger charge is 1.95. The molecule has 0 bridgehead atoms. The van der Waals surface area contributed by atoms with Gasteiger partial charge in [-0.2, -0.15) is 0 Å². The average molecular weight is 154 g/mol. The van der Waals surface area contributed by atoms with E-state index in [0.29, 0.717) is 0 Å². The van der Waals surface area contributed by atoms with Crippen molar-refractivity contribution in [1.82, 2.24) is 9.55 Å². The van der Waals surface area contributed by atoms with Crippen LogP contribution in [0.1, 0.15) is 0 Å². The predicted molar refractivity (Wildman–Crippen MR) is 44.1 cm³/mol. The third-order valence-electron chi connectivity index (χ3n) is 1.11. The summed E-state index contributed by atoms with van der Waals surface area (Å²) in [5.74, 6) is 0.921. The zero-order valence-electron chi connectivity index (χ0n) is 5.95. The normalized spacial score (nSPS) is 9.70. The molecule has 3 heteroatoms. The Balaban J connectivity index is 2.56. The predicted octanol–water partition coefficient (Wildman–Crippen LogP) is 1.70. The maximum absolute atomic E-state index is 4.13. The molecule has 0 unspecified atom stereocenters. The Hall–Kier alpha value is -0.700. The van der Waals surface area contributed by atoms with E-state index in [-0.39, 0.29) is 0 Å². The monoisotopic (exact) mass is 154 g/mol. The van der Waals surface area contributed by atoms with Crippen LogP contribution in [0.5, 0.6) is 0 Å². The molecule has 0 aliphatic rings. The van der Waals surface area contributed by atoms with Crippen molar-refractivity contribution in [1.29, 1.82) is 0 Å². The molecule has 0 saturated heterocycles. The fourth-order valence-electron chi connectivity index (χ4n) is 0.624. The summed E-state index contributed by atoms with van der Waals surface area (Å²) >= 11 is 1.69. The van der Waals surface area contributed by atoms with Crippen LogP contribution in [0.2, 0.25) is 0 Å². The molecule has 0 saturated carbocycles. The summed E-state index contributed by atoms with van der Waals surface area (Å²) in [6.07, 6.45) is 5.61. The van der Waals surface area contributed by atoms with Gasteiger partial charge in [0, 0.05) is 25.2 Å². The van der Waals surface area contributed by atoms with Crippen molar-refractivity contribution in [3.63, 3.8) is 0 Å². The van der Waals surface area contributed by atoms with E-state index in [2.05, 4.69) is 11.6 Å². The molecule has 0 N–H and O–H groups in total. The van der Waals surface area contributed by atoms with E-state index in [1.165, 1.54) is 0 Å². The van der Waals surface area contributed by atoms with Crippen molar-refractivity contribution in [2.75, 3.05) is 5.75 Å². The molecule has 0 atom stereocenters. The Labute approximate surface area is 65.0 Å². The van der Waals surface area contributed by atoms with E-state index in [1.54, 1.807) is 18.0 Å². The number of hydrogen-bond donors (Lipinski definition) is 0. The molecular formula is C7H10N2S. The fraction of sp³-hybridized carbons (Fsp3) is 0.286. The first kappa shape index (κ1) is 7.41. The maximum Gasteiger partial charge on any atom is 0.167 e. The lowest BCUT2D eigenvalue weighted by Crippen LogP contribution is -1.88. The Morgan fingerprint density at radius 2 is 2.70 bits per heavy atom. The second kappa shape index (κ2) is 3.46. The molecule has 0 radical (unpaired) electrons. The van der Waals surface area contributed by atoms with E-state index < -0.39 is 0 Å². The minimum absolute atomic E-state index is 0.921. The SMILES string of the molecule is C=CCSc1nccn1C. The van der Waals surface area contributed by atoms with Crippen molar-refractivity contribution in [2.45, 2.75) is 5.16 Å². The minimum atomic E-state index is 0.921. The molecular weight excluding hydrogens is 144 g/mol. The van der Waals surface area contributed by atoms with Gasteiger partial charge in [0.1, 0.15) is 0 Å². The van der Waals surface area contributed by atoms with Crippen molar-refractivity contribution in [3.05, 3.63) is 25.0 Å². The van der Waals surface area contributed by atoms with Crippen molar-refractivity contribution >= 4 is 11.8 Å². The number of thioether (sulfide) groups is 1. The summed E-state index contributed by atoms with van der Waals surface area (Å²) in [5, 5.41) is 1.04. The van der Waals surface area contributed by atoms with E-state index >= 15 is 0 Å². The summed E-state index contributed by atoms with van der Waals surface area (Å²) in [6, 6.07) is 0. The zero-order chi connectivity index (χ0) is 7.40. The lowest BCUT2D eigenvalue weighted by Gasteiger charge is -1.95. The second-order valence-corrected chi connectivity index (χ2v) is 2.91. The largest absolute Gasteiger partial charge is 0.329 e. The molecule has 10 heavy (non-hydrogen) atoms. The highest BCUT2D eigenvalue weighted by molar-refractivity contribution is 7.99. The molecule has 0 aliphatic carbocycles. The summed E-state index contributed by atoms with van der Waals surface area (Å²) in [4.78, 5) is 4.13. The van der Waals surface area contributed by atoms with Crippen LogP contribution in [0.3, 0.4) is 0 Å². The van der Waals surface area contributed by atoms with Crippen molar-refractivity contribution in [2.24, 2.45) is 7.05 Å². The van der Waals surface area contributed by atoms with E-state index in [4.69, 9.17) is 0 Å². The number of aryl methyl sites for hydroxylation is 1. The molecule has 2 nitrogen and oxygen atoms in total. The standard InChI is InChI=1S/C7H10N2S/c1-3-6-10-7-8-4-5-9(7)2/h3-5H,1,6H2,2H3. The first-order valence-corrected chi connectivity index (χ1v) is 4.04. The van der Waals surface area contributed by atoms with Crippen LogP contribution in [-0.4, -0.2) is 15.3 Å². The quantitative estimate of drug-likeness (QED) is 0.487. The number of imidazole rings is 1. The number of rotatable bonds is 3. The summed E-state index contributed by atoms with van der Waals surface area (Å²) in [5.41, 5.74) is 0. The van der Waals surface area contributed by atoms with Gasteiger partial charge in [0.05, 0.1) is 0 Å². The Kier molecular flexibility index (Phi) is 2.57. The molecule has 1 rings (SSSR count). The molecule has 1 aromatic rings. The van der Waals surface area contributed by atoms with Crippen LogP contribution in [0, 0.1) is 0 Å². The number of nitrogens with zero attached hydrogens (tertiary/aromatic N) is 2. The van der Waals surface area contributed by atoms with Gasteiger partial charge >= 0.3 is 0 Å². The van der Waals surface area contributed by atoms with Crippen molar-refractivity contribution < 1.29 is 0 Å². The topological polar surface area (TPSA) is 17.8 Å². The smallest absolute Gasteiger partial charge is 0.167 e. The Morgan fingerprint density at radius 1 is 1.90 bits per heavy atom. The number of aromatic nitrogens is 2. The third-order valence-corrected chi connectivity index (χ3v) is 2.16. The molecule has 0 aromatic carbocycles. The molecule has 1 heterocycles. The van der Waals surface area contributed by atoms with Gasteiger partial charge in [-0.25, -0.2) is 4.98 Å². The summed E-state index contributed by atoms with van der Waals surface area (Å²) in [6.45, 7) is 3.63. The highest BCUT2D eigenvalue weighted by Crippen LogP contribution is 2.13. The molecule has 0 fully saturated rings. The van der Waals surface area contributed by atoms with Gasteiger partial charge in [-0.1, -0.05) is 17.8 Å². The lowest BCUT2D eigenvalue weighted by molar-refractivity contribution is 0.791. The molecule has 54 valence electrons. The summed E-state index contributed by atoms with van der Waals surface area (Å²) in [7, 11) is 1.98. The first-order valence-electron chi connectivity index (χ1n) is 3.05. The zero-order valence-corrected chi connectivity index (χ0v) is 6.77. The van der Waals surface area contributed by atoms with Gasteiger partial charge in [-0.3, -0.25) is 0 Å². The van der Waals surface area contributed by atoms with Crippen LogP contribution in [-0.2, 0) is 7.05 Å². The van der Waals surface area contributed by atoms with Crippen LogP contribution in [0.4, 0.5) is 0 Å². The highest BCUT2D eigenvalue weighted by atomic mass is 32.2. The van der Waals surface area contributed by atoms with Crippen molar-refractivity contribution in [3.8, 4) is 0 Å². The number of hydrogen-bond acceptors (Lipinski definition) is 2. The van der Waals surface area contributed by atoms with Gasteiger partial charge in [-0.05, 0) is 0 Å². The van der Waals surface area contributed by atoms with E-state index in [1.807, 2.05) is 23.9 Å². The van der Waals surface area contributed by atoms with E-state index in [0.717, 1.165) is 10.9 Å². The Bertz CT molecular complexity index is 217. The molecule has 0 spiro atoms. The van der Waals surface area contributed by atoms with Gasteiger partial charge in [0.2, 0.25) is 0 Å². The van der Waals surface area contributed by atoms with E-state index in [9.17, 15) is 0 Å². The fourth-order valence-corrected chi connectivity index (χ4v) is 1.29. The van der Waals surface area contributed by atoms with Crippen LogP contribution >= 0.6 is 11.8 Å². The van der Waals surface area contributed by atoms with Crippen LogP contribution in [0.25, 0.3) is 0 Å². The molecule has 1 aromatic heterocycles. The van der Waals surface area contributed by atoms with Gasteiger partial charge in [-0.15, -0.1) is 6.58 Å². The van der Waals surface area contributed by atoms with Gasteiger partial charge in [0.25, 0.3) is 0 Å². The average Bonchev–Trinajstić information content (AvgIpc) is 2.31.